The average Bonchev–Trinajstić information content (AvgIpc) is 3.14. The van der Waals surface area contributed by atoms with Crippen LogP contribution in [0.4, 0.5) is 9.52 Å². The molecule has 0 spiro atoms. The van der Waals surface area contributed by atoms with Crippen LogP contribution in [0.5, 0.6) is 0 Å². The molecular weight excluding hydrogens is 387 g/mol. The van der Waals surface area contributed by atoms with Crippen molar-refractivity contribution in [2.24, 2.45) is 5.92 Å². The molecule has 0 saturated heterocycles. The molecule has 1 N–H and O–H groups in total. The minimum Gasteiger partial charge on any atom is -0.298 e. The Morgan fingerprint density at radius 2 is 2.11 bits per heavy atom. The number of fused-ring (bicyclic) bond motifs is 1. The number of aryl methyl sites for hydroxylation is 2. The molecule has 0 aliphatic heterocycles. The van der Waals surface area contributed by atoms with Crippen molar-refractivity contribution in [2.75, 3.05) is 5.32 Å². The quantitative estimate of drug-likeness (QED) is 0.681. The van der Waals surface area contributed by atoms with Gasteiger partial charge in [-0.1, -0.05) is 18.5 Å². The van der Waals surface area contributed by atoms with Gasteiger partial charge in [-0.05, 0) is 56.4 Å². The minimum absolute atomic E-state index is 0.187. The van der Waals surface area contributed by atoms with Gasteiger partial charge in [0.15, 0.2) is 5.13 Å². The molecule has 0 radical (unpaired) electrons. The number of halogens is 2. The second-order valence-electron chi connectivity index (χ2n) is 6.83. The number of benzene rings is 1. The number of anilines is 1. The van der Waals surface area contributed by atoms with Gasteiger partial charge in [0, 0.05) is 4.88 Å². The normalized spacial score (nSPS) is 16.2. The van der Waals surface area contributed by atoms with Crippen molar-refractivity contribution in [1.82, 2.24) is 14.8 Å². The summed E-state index contributed by atoms with van der Waals surface area (Å²) in [7, 11) is 0. The number of amides is 1. The van der Waals surface area contributed by atoms with E-state index in [9.17, 15) is 9.18 Å². The predicted molar refractivity (Wildman–Crippen MR) is 105 cm³/mol. The Balaban J connectivity index is 1.60. The first-order valence-electron chi connectivity index (χ1n) is 8.73. The maximum absolute atomic E-state index is 13.1. The van der Waals surface area contributed by atoms with E-state index in [0.717, 1.165) is 25.0 Å². The molecular formula is C19H18ClFN4OS. The van der Waals surface area contributed by atoms with Gasteiger partial charge < -0.3 is 0 Å². The van der Waals surface area contributed by atoms with E-state index >= 15 is 0 Å². The summed E-state index contributed by atoms with van der Waals surface area (Å²) < 4.78 is 14.6. The van der Waals surface area contributed by atoms with Gasteiger partial charge in [-0.15, -0.1) is 11.3 Å². The fraction of sp³-hybridized carbons (Fsp3) is 0.316. The van der Waals surface area contributed by atoms with Crippen molar-refractivity contribution < 1.29 is 9.18 Å². The Hall–Kier alpha value is -2.25. The molecule has 5 nitrogen and oxygen atoms in total. The largest absolute Gasteiger partial charge is 0.298 e. The lowest BCUT2D eigenvalue weighted by Gasteiger charge is -2.15. The Kier molecular flexibility index (Phi) is 4.74. The third-order valence-electron chi connectivity index (χ3n) is 4.71. The van der Waals surface area contributed by atoms with E-state index in [1.165, 1.54) is 33.0 Å². The Bertz CT molecular complexity index is 1010. The molecule has 1 unspecified atom stereocenters. The second-order valence-corrected chi connectivity index (χ2v) is 8.27. The zero-order chi connectivity index (χ0) is 19.1. The zero-order valence-corrected chi connectivity index (χ0v) is 16.5. The highest BCUT2D eigenvalue weighted by Gasteiger charge is 2.24. The van der Waals surface area contributed by atoms with Crippen LogP contribution in [-0.4, -0.2) is 20.7 Å². The number of rotatable bonds is 3. The summed E-state index contributed by atoms with van der Waals surface area (Å²) in [5, 5.41) is 7.96. The van der Waals surface area contributed by atoms with Crippen LogP contribution in [0.3, 0.4) is 0 Å². The number of nitrogens with one attached hydrogen (secondary N) is 1. The molecule has 1 atom stereocenters. The highest BCUT2D eigenvalue weighted by atomic mass is 35.5. The number of carbonyl (C=O) groups excluding carboxylic acids is 1. The summed E-state index contributed by atoms with van der Waals surface area (Å²) in [5.41, 5.74) is 2.46. The van der Waals surface area contributed by atoms with Gasteiger partial charge in [0.1, 0.15) is 16.5 Å². The van der Waals surface area contributed by atoms with Crippen molar-refractivity contribution in [3.63, 3.8) is 0 Å². The average molecular weight is 405 g/mol. The molecule has 1 amide bonds. The summed E-state index contributed by atoms with van der Waals surface area (Å²) in [6.45, 7) is 3.95. The van der Waals surface area contributed by atoms with E-state index in [4.69, 9.17) is 11.6 Å². The molecule has 140 valence electrons. The van der Waals surface area contributed by atoms with Crippen LogP contribution in [0, 0.1) is 18.7 Å². The van der Waals surface area contributed by atoms with Crippen LogP contribution in [0.15, 0.2) is 24.3 Å². The van der Waals surface area contributed by atoms with E-state index < -0.39 is 0 Å². The highest BCUT2D eigenvalue weighted by molar-refractivity contribution is 7.15. The molecule has 8 heteroatoms. The zero-order valence-electron chi connectivity index (χ0n) is 14.9. The lowest BCUT2D eigenvalue weighted by molar-refractivity contribution is 0.102. The number of carbonyl (C=O) groups is 1. The van der Waals surface area contributed by atoms with Crippen LogP contribution in [0.1, 0.15) is 40.0 Å². The monoisotopic (exact) mass is 404 g/mol. The van der Waals surface area contributed by atoms with E-state index in [0.29, 0.717) is 28.0 Å². The number of hydrogen-bond acceptors (Lipinski definition) is 4. The fourth-order valence-electron chi connectivity index (χ4n) is 3.26. The number of nitrogens with zero attached hydrogens (tertiary/aromatic N) is 3. The third kappa shape index (κ3) is 3.49. The Labute approximate surface area is 165 Å². The molecule has 4 rings (SSSR count). The maximum atomic E-state index is 13.1. The summed E-state index contributed by atoms with van der Waals surface area (Å²) in [6.07, 6.45) is 3.08. The SMILES string of the molecule is Cc1nn(-c2ccc(F)cc2)c(Cl)c1C(=O)Nc1nc2c(s1)CC(C)CC2. The smallest absolute Gasteiger partial charge is 0.262 e. The topological polar surface area (TPSA) is 59.8 Å². The second kappa shape index (κ2) is 7.05. The number of hydrogen-bond donors (Lipinski definition) is 1. The first kappa shape index (κ1) is 18.1. The summed E-state index contributed by atoms with van der Waals surface area (Å²) >= 11 is 7.94. The van der Waals surface area contributed by atoms with Crippen molar-refractivity contribution in [1.29, 1.82) is 0 Å². The fourth-order valence-corrected chi connectivity index (χ4v) is 4.79. The highest BCUT2D eigenvalue weighted by Crippen LogP contribution is 2.33. The maximum Gasteiger partial charge on any atom is 0.262 e. The van der Waals surface area contributed by atoms with Crippen molar-refractivity contribution in [2.45, 2.75) is 33.1 Å². The molecule has 1 aliphatic carbocycles. The summed E-state index contributed by atoms with van der Waals surface area (Å²) in [4.78, 5) is 18.6. The van der Waals surface area contributed by atoms with E-state index in [1.54, 1.807) is 19.1 Å². The first-order chi connectivity index (χ1) is 12.9. The molecule has 1 aromatic carbocycles. The predicted octanol–water partition coefficient (Wildman–Crippen LogP) is 4.81. The van der Waals surface area contributed by atoms with Gasteiger partial charge in [-0.25, -0.2) is 14.1 Å². The molecule has 2 aromatic heterocycles. The molecule has 3 aromatic rings. The summed E-state index contributed by atoms with van der Waals surface area (Å²) in [5.74, 6) is -0.0455. The molecule has 2 heterocycles. The van der Waals surface area contributed by atoms with Gasteiger partial charge in [-0.2, -0.15) is 5.10 Å². The molecule has 1 aliphatic rings. The van der Waals surface area contributed by atoms with E-state index in [-0.39, 0.29) is 16.9 Å². The molecule has 0 fully saturated rings. The molecule has 0 saturated carbocycles. The molecule has 0 bridgehead atoms. The van der Waals surface area contributed by atoms with Crippen molar-refractivity contribution in [3.05, 3.63) is 57.1 Å². The summed E-state index contributed by atoms with van der Waals surface area (Å²) in [6, 6.07) is 5.77. The van der Waals surface area contributed by atoms with Crippen LogP contribution < -0.4 is 5.32 Å². The minimum atomic E-state index is -0.348. The van der Waals surface area contributed by atoms with Gasteiger partial charge in [0.2, 0.25) is 0 Å². The Morgan fingerprint density at radius 3 is 2.85 bits per heavy atom. The van der Waals surface area contributed by atoms with E-state index in [1.807, 2.05) is 0 Å². The van der Waals surface area contributed by atoms with Crippen molar-refractivity contribution >= 4 is 34.0 Å². The van der Waals surface area contributed by atoms with Crippen LogP contribution in [0.25, 0.3) is 5.69 Å². The van der Waals surface area contributed by atoms with Gasteiger partial charge >= 0.3 is 0 Å². The number of thiazole rings is 1. The van der Waals surface area contributed by atoms with Crippen molar-refractivity contribution in [3.8, 4) is 5.69 Å². The van der Waals surface area contributed by atoms with E-state index in [2.05, 4.69) is 22.3 Å². The van der Waals surface area contributed by atoms with Gasteiger partial charge in [0.25, 0.3) is 5.91 Å². The first-order valence-corrected chi connectivity index (χ1v) is 9.93. The van der Waals surface area contributed by atoms with Gasteiger partial charge in [-0.3, -0.25) is 10.1 Å². The third-order valence-corrected chi connectivity index (χ3v) is 6.09. The lowest BCUT2D eigenvalue weighted by atomic mass is 9.93. The number of aromatic nitrogens is 3. The standard InChI is InChI=1S/C19H18ClFN4OS/c1-10-3-8-14-15(9-10)27-19(22-14)23-18(26)16-11(2)24-25(17(16)20)13-6-4-12(21)5-7-13/h4-7,10H,3,8-9H2,1-2H3,(H,22,23,26). The van der Waals surface area contributed by atoms with Crippen LogP contribution >= 0.6 is 22.9 Å². The molecule has 27 heavy (non-hydrogen) atoms. The van der Waals surface area contributed by atoms with Gasteiger partial charge in [0.05, 0.1) is 17.1 Å². The van der Waals surface area contributed by atoms with Crippen LogP contribution in [-0.2, 0) is 12.8 Å². The van der Waals surface area contributed by atoms with Crippen LogP contribution in [0.2, 0.25) is 5.15 Å². The Morgan fingerprint density at radius 1 is 1.37 bits per heavy atom. The lowest BCUT2D eigenvalue weighted by Crippen LogP contribution is -2.13.